The Bertz CT molecular complexity index is 1030. The Morgan fingerprint density at radius 3 is 2.38 bits per heavy atom. The lowest BCUT2D eigenvalue weighted by Crippen LogP contribution is -2.14. The van der Waals surface area contributed by atoms with E-state index in [0.717, 1.165) is 40.8 Å². The topological polar surface area (TPSA) is 46.9 Å². The van der Waals surface area contributed by atoms with Gasteiger partial charge >= 0.3 is 6.18 Å². The van der Waals surface area contributed by atoms with Crippen molar-refractivity contribution < 1.29 is 18.0 Å². The zero-order valence-corrected chi connectivity index (χ0v) is 16.6. The Balaban J connectivity index is 1.62. The second-order valence-corrected chi connectivity index (χ2v) is 7.15. The van der Waals surface area contributed by atoms with Crippen LogP contribution in [-0.4, -0.2) is 15.7 Å². The van der Waals surface area contributed by atoms with Crippen molar-refractivity contribution in [1.29, 1.82) is 0 Å². The fourth-order valence-electron chi connectivity index (χ4n) is 2.96. The normalized spacial score (nSPS) is 11.5. The molecule has 0 radical (unpaired) electrons. The molecule has 0 aliphatic carbocycles. The van der Waals surface area contributed by atoms with Gasteiger partial charge in [0.1, 0.15) is 0 Å². The summed E-state index contributed by atoms with van der Waals surface area (Å²) in [6, 6.07) is 12.4. The summed E-state index contributed by atoms with van der Waals surface area (Å²) >= 11 is 5.91. The van der Waals surface area contributed by atoms with Crippen molar-refractivity contribution in [3.05, 3.63) is 76.1 Å². The number of halogens is 4. The summed E-state index contributed by atoms with van der Waals surface area (Å²) < 4.78 is 40.3. The molecule has 152 valence electrons. The van der Waals surface area contributed by atoms with Gasteiger partial charge in [-0.15, -0.1) is 0 Å². The molecule has 29 heavy (non-hydrogen) atoms. The van der Waals surface area contributed by atoms with E-state index in [2.05, 4.69) is 10.4 Å². The molecular formula is C21H19ClF3N3O. The van der Waals surface area contributed by atoms with E-state index in [0.29, 0.717) is 6.42 Å². The molecule has 0 atom stereocenters. The van der Waals surface area contributed by atoms with Crippen molar-refractivity contribution in [2.24, 2.45) is 0 Å². The average Bonchev–Trinajstić information content (AvgIpc) is 2.99. The first-order chi connectivity index (χ1) is 13.6. The summed E-state index contributed by atoms with van der Waals surface area (Å²) in [5.74, 6) is -0.408. The Kier molecular flexibility index (Phi) is 5.98. The van der Waals surface area contributed by atoms with E-state index in [1.807, 2.05) is 48.9 Å². The largest absolute Gasteiger partial charge is 0.416 e. The summed E-state index contributed by atoms with van der Waals surface area (Å²) in [4.78, 5) is 12.2. The lowest BCUT2D eigenvalue weighted by molar-refractivity contribution is -0.137. The number of carbonyl (C=O) groups excluding carboxylic acids is 1. The van der Waals surface area contributed by atoms with Crippen molar-refractivity contribution in [3.63, 3.8) is 0 Å². The number of hydrogen-bond donors (Lipinski definition) is 1. The first-order valence-corrected chi connectivity index (χ1v) is 9.30. The van der Waals surface area contributed by atoms with Crippen LogP contribution in [0.1, 0.15) is 28.9 Å². The molecule has 3 rings (SSSR count). The Morgan fingerprint density at radius 2 is 1.79 bits per heavy atom. The van der Waals surface area contributed by atoms with Gasteiger partial charge in [0.25, 0.3) is 0 Å². The molecule has 0 unspecified atom stereocenters. The summed E-state index contributed by atoms with van der Waals surface area (Å²) in [5, 5.41) is 6.94. The van der Waals surface area contributed by atoms with E-state index < -0.39 is 17.6 Å². The van der Waals surface area contributed by atoms with Crippen LogP contribution in [0.5, 0.6) is 0 Å². The van der Waals surface area contributed by atoms with Gasteiger partial charge in [-0.05, 0) is 62.2 Å². The van der Waals surface area contributed by atoms with E-state index in [9.17, 15) is 18.0 Å². The molecule has 0 aliphatic heterocycles. The van der Waals surface area contributed by atoms with Crippen LogP contribution in [0.2, 0.25) is 5.02 Å². The predicted molar refractivity (Wildman–Crippen MR) is 106 cm³/mol. The van der Waals surface area contributed by atoms with E-state index >= 15 is 0 Å². The third-order valence-corrected chi connectivity index (χ3v) is 4.73. The minimum absolute atomic E-state index is 0.0497. The maximum Gasteiger partial charge on any atom is 0.416 e. The van der Waals surface area contributed by atoms with Crippen molar-refractivity contribution in [1.82, 2.24) is 9.78 Å². The minimum atomic E-state index is -4.50. The molecule has 0 fully saturated rings. The number of hydrogen-bond acceptors (Lipinski definition) is 2. The SMILES string of the molecule is Cc1cc(C)n(-c2ccc(CCC(=O)Nc3cc(C(F)(F)F)ccc3Cl)cc2)n1. The number of alkyl halides is 3. The molecule has 0 saturated heterocycles. The molecule has 0 saturated carbocycles. The van der Waals surface area contributed by atoms with E-state index in [1.54, 1.807) is 0 Å². The first kappa shape index (κ1) is 20.9. The van der Waals surface area contributed by atoms with Gasteiger partial charge in [0.15, 0.2) is 0 Å². The molecule has 4 nitrogen and oxygen atoms in total. The van der Waals surface area contributed by atoms with Gasteiger partial charge in [-0.3, -0.25) is 4.79 Å². The summed E-state index contributed by atoms with van der Waals surface area (Å²) in [7, 11) is 0. The number of nitrogens with one attached hydrogen (secondary N) is 1. The first-order valence-electron chi connectivity index (χ1n) is 8.92. The van der Waals surface area contributed by atoms with Crippen molar-refractivity contribution >= 4 is 23.2 Å². The molecule has 0 bridgehead atoms. The third kappa shape index (κ3) is 5.17. The third-order valence-electron chi connectivity index (χ3n) is 4.40. The smallest absolute Gasteiger partial charge is 0.325 e. The quantitative estimate of drug-likeness (QED) is 0.571. The zero-order valence-electron chi connectivity index (χ0n) is 15.8. The van der Waals surface area contributed by atoms with Gasteiger partial charge in [-0.1, -0.05) is 23.7 Å². The minimum Gasteiger partial charge on any atom is -0.325 e. The molecular weight excluding hydrogens is 403 g/mol. The second-order valence-electron chi connectivity index (χ2n) is 6.75. The van der Waals surface area contributed by atoms with Gasteiger partial charge < -0.3 is 5.32 Å². The Morgan fingerprint density at radius 1 is 1.10 bits per heavy atom. The Labute approximate surface area is 171 Å². The monoisotopic (exact) mass is 421 g/mol. The predicted octanol–water partition coefficient (Wildman–Crippen LogP) is 5.73. The van der Waals surface area contributed by atoms with Crippen molar-refractivity contribution in [2.75, 3.05) is 5.32 Å². The summed E-state index contributed by atoms with van der Waals surface area (Å²) in [6.45, 7) is 3.89. The van der Waals surface area contributed by atoms with Crippen molar-refractivity contribution in [2.45, 2.75) is 32.9 Å². The zero-order chi connectivity index (χ0) is 21.2. The van der Waals surface area contributed by atoms with E-state index in [-0.39, 0.29) is 17.1 Å². The number of anilines is 1. The molecule has 0 aliphatic rings. The Hall–Kier alpha value is -2.80. The van der Waals surface area contributed by atoms with Gasteiger partial charge in [0.2, 0.25) is 5.91 Å². The van der Waals surface area contributed by atoms with Crippen LogP contribution in [-0.2, 0) is 17.4 Å². The molecule has 8 heteroatoms. The van der Waals surface area contributed by atoms with Crippen LogP contribution < -0.4 is 5.32 Å². The highest BCUT2D eigenvalue weighted by Gasteiger charge is 2.31. The van der Waals surface area contributed by atoms with Gasteiger partial charge in [0, 0.05) is 12.1 Å². The summed E-state index contributed by atoms with van der Waals surface area (Å²) in [5.41, 5.74) is 2.88. The molecule has 0 spiro atoms. The van der Waals surface area contributed by atoms with Crippen LogP contribution >= 0.6 is 11.6 Å². The van der Waals surface area contributed by atoms with Crippen LogP contribution in [0.15, 0.2) is 48.5 Å². The molecule has 3 aromatic rings. The number of carbonyl (C=O) groups is 1. The van der Waals surface area contributed by atoms with Crippen LogP contribution in [0.4, 0.5) is 18.9 Å². The maximum absolute atomic E-state index is 12.8. The molecule has 1 heterocycles. The molecule has 1 aromatic heterocycles. The lowest BCUT2D eigenvalue weighted by Gasteiger charge is -2.12. The van der Waals surface area contributed by atoms with Gasteiger partial charge in [0.05, 0.1) is 27.7 Å². The second kappa shape index (κ2) is 8.29. The van der Waals surface area contributed by atoms with Gasteiger partial charge in [-0.25, -0.2) is 4.68 Å². The van der Waals surface area contributed by atoms with Crippen LogP contribution in [0.25, 0.3) is 5.69 Å². The number of aromatic nitrogens is 2. The summed E-state index contributed by atoms with van der Waals surface area (Å²) in [6.07, 6.45) is -3.94. The number of amides is 1. The lowest BCUT2D eigenvalue weighted by atomic mass is 10.1. The van der Waals surface area contributed by atoms with E-state index in [1.165, 1.54) is 0 Å². The fourth-order valence-corrected chi connectivity index (χ4v) is 3.13. The highest BCUT2D eigenvalue weighted by atomic mass is 35.5. The highest BCUT2D eigenvalue weighted by Crippen LogP contribution is 2.33. The van der Waals surface area contributed by atoms with Crippen LogP contribution in [0.3, 0.4) is 0 Å². The van der Waals surface area contributed by atoms with Gasteiger partial charge in [-0.2, -0.15) is 18.3 Å². The highest BCUT2D eigenvalue weighted by molar-refractivity contribution is 6.33. The standard InChI is InChI=1S/C21H19ClF3N3O/c1-13-11-14(2)28(27-13)17-7-3-15(4-8-17)5-10-20(29)26-19-12-16(21(23,24)25)6-9-18(19)22/h3-4,6-9,11-12H,5,10H2,1-2H3,(H,26,29). The fraction of sp³-hybridized carbons (Fsp3) is 0.238. The maximum atomic E-state index is 12.8. The average molecular weight is 422 g/mol. The van der Waals surface area contributed by atoms with Crippen LogP contribution in [0, 0.1) is 13.8 Å². The molecule has 2 aromatic carbocycles. The van der Waals surface area contributed by atoms with E-state index in [4.69, 9.17) is 11.6 Å². The number of aryl methyl sites for hydroxylation is 3. The number of rotatable bonds is 5. The number of nitrogens with zero attached hydrogens (tertiary/aromatic N) is 2. The number of benzene rings is 2. The molecule has 1 N–H and O–H groups in total. The molecule has 1 amide bonds. The van der Waals surface area contributed by atoms with Crippen molar-refractivity contribution in [3.8, 4) is 5.69 Å².